The molecule has 11 unspecified atom stereocenters. The van der Waals surface area contributed by atoms with Gasteiger partial charge >= 0.3 is 0 Å². The fraction of sp³-hybridized carbons (Fsp3) is 0.692. The molecular formula is C26H30N2O4. The Balaban J connectivity index is 0.924. The fourth-order valence-corrected chi connectivity index (χ4v) is 9.56. The Hall–Kier alpha value is -2.08. The average molecular weight is 435 g/mol. The maximum atomic E-state index is 13.4. The van der Waals surface area contributed by atoms with E-state index in [0.29, 0.717) is 38.1 Å². The summed E-state index contributed by atoms with van der Waals surface area (Å²) in [7, 11) is 0. The van der Waals surface area contributed by atoms with Crippen LogP contribution in [0.5, 0.6) is 11.5 Å². The highest BCUT2D eigenvalue weighted by Gasteiger charge is 2.78. The first kappa shape index (κ1) is 18.4. The Morgan fingerprint density at radius 1 is 0.875 bits per heavy atom. The third-order valence-corrected chi connectivity index (χ3v) is 10.4. The van der Waals surface area contributed by atoms with Gasteiger partial charge < -0.3 is 14.8 Å². The minimum Gasteiger partial charge on any atom is -0.486 e. The first-order chi connectivity index (χ1) is 15.7. The van der Waals surface area contributed by atoms with E-state index in [9.17, 15) is 9.59 Å². The number of ether oxygens (including phenoxy) is 2. The molecule has 0 aromatic heterocycles. The number of para-hydroxylation sites is 2. The molecule has 1 saturated heterocycles. The van der Waals surface area contributed by atoms with E-state index in [2.05, 4.69) is 5.32 Å². The molecule has 7 aliphatic carbocycles. The Labute approximate surface area is 188 Å². The summed E-state index contributed by atoms with van der Waals surface area (Å²) >= 11 is 0. The number of hydrogen-bond acceptors (Lipinski definition) is 5. The molecule has 8 bridgehead atoms. The second-order valence-corrected chi connectivity index (χ2v) is 11.4. The fourth-order valence-electron chi connectivity index (χ4n) is 9.56. The number of nitrogens with one attached hydrogen (secondary N) is 1. The molecule has 1 aromatic carbocycles. The van der Waals surface area contributed by atoms with Crippen LogP contribution in [0.2, 0.25) is 0 Å². The number of imide groups is 1. The lowest BCUT2D eigenvalue weighted by atomic mass is 9.52. The summed E-state index contributed by atoms with van der Waals surface area (Å²) in [5.41, 5.74) is 0. The molecular weight excluding hydrogens is 404 g/mol. The lowest BCUT2D eigenvalue weighted by molar-refractivity contribution is -0.153. The lowest BCUT2D eigenvalue weighted by Crippen LogP contribution is -2.50. The van der Waals surface area contributed by atoms with Crippen molar-refractivity contribution >= 4 is 11.8 Å². The first-order valence-electron chi connectivity index (χ1n) is 12.6. The molecule has 2 amide bonds. The first-order valence-corrected chi connectivity index (χ1v) is 12.6. The van der Waals surface area contributed by atoms with Crippen molar-refractivity contribution in [3.8, 4) is 11.5 Å². The van der Waals surface area contributed by atoms with Crippen LogP contribution in [0.1, 0.15) is 19.3 Å². The summed E-state index contributed by atoms with van der Waals surface area (Å²) in [6, 6.07) is 7.71. The molecule has 0 spiro atoms. The Morgan fingerprint density at radius 2 is 1.62 bits per heavy atom. The third kappa shape index (κ3) is 2.25. The van der Waals surface area contributed by atoms with E-state index in [1.165, 1.54) is 12.8 Å². The number of amides is 2. The van der Waals surface area contributed by atoms with Crippen molar-refractivity contribution in [2.45, 2.75) is 25.4 Å². The van der Waals surface area contributed by atoms with Crippen molar-refractivity contribution < 1.29 is 19.1 Å². The van der Waals surface area contributed by atoms with Crippen LogP contribution < -0.4 is 14.8 Å². The summed E-state index contributed by atoms with van der Waals surface area (Å²) in [6.07, 6.45) is 3.55. The Bertz CT molecular complexity index is 1010. The molecule has 1 N–H and O–H groups in total. The summed E-state index contributed by atoms with van der Waals surface area (Å²) < 4.78 is 11.8. The number of likely N-dealkylation sites (tertiary alicyclic amines) is 1. The van der Waals surface area contributed by atoms with Gasteiger partial charge in [-0.05, 0) is 78.7 Å². The number of fused-ring (bicyclic) bond motifs is 3. The van der Waals surface area contributed by atoms with Crippen LogP contribution in [-0.2, 0) is 9.59 Å². The molecule has 7 saturated carbocycles. The summed E-state index contributed by atoms with van der Waals surface area (Å²) in [5, 5.41) is 3.39. The van der Waals surface area contributed by atoms with Gasteiger partial charge in [0.1, 0.15) is 12.7 Å². The smallest absolute Gasteiger partial charge is 0.232 e. The predicted octanol–water partition coefficient (Wildman–Crippen LogP) is 2.19. The highest BCUT2D eigenvalue weighted by atomic mass is 16.6. The maximum Gasteiger partial charge on any atom is 0.232 e. The number of carbonyl (C=O) groups excluding carboxylic acids is 2. The molecule has 1 aromatic rings. The van der Waals surface area contributed by atoms with Crippen LogP contribution in [0.25, 0.3) is 0 Å². The SMILES string of the molecule is O=C1C2CC(C(=O)N1CCNCC1COc3ccccc3O1)C1C2C2CC3CC4C2C4C31. The van der Waals surface area contributed by atoms with Crippen molar-refractivity contribution in [2.24, 2.45) is 59.2 Å². The van der Waals surface area contributed by atoms with Crippen LogP contribution in [0, 0.1) is 59.2 Å². The van der Waals surface area contributed by atoms with E-state index in [1.807, 2.05) is 24.3 Å². The summed E-state index contributed by atoms with van der Waals surface area (Å²) in [5.74, 6) is 8.23. The molecule has 11 atom stereocenters. The predicted molar refractivity (Wildman–Crippen MR) is 115 cm³/mol. The zero-order valence-corrected chi connectivity index (χ0v) is 18.2. The van der Waals surface area contributed by atoms with Crippen molar-refractivity contribution in [3.63, 3.8) is 0 Å². The van der Waals surface area contributed by atoms with Gasteiger partial charge in [-0.2, -0.15) is 0 Å². The van der Waals surface area contributed by atoms with Gasteiger partial charge in [0.15, 0.2) is 11.5 Å². The molecule has 6 nitrogen and oxygen atoms in total. The average Bonchev–Trinajstić information content (AvgIpc) is 3.28. The number of rotatable bonds is 5. The molecule has 32 heavy (non-hydrogen) atoms. The zero-order valence-electron chi connectivity index (χ0n) is 18.2. The van der Waals surface area contributed by atoms with Crippen LogP contribution in [0.4, 0.5) is 0 Å². The largest absolute Gasteiger partial charge is 0.486 e. The van der Waals surface area contributed by atoms with Crippen molar-refractivity contribution in [1.29, 1.82) is 0 Å². The van der Waals surface area contributed by atoms with Gasteiger partial charge in [-0.25, -0.2) is 0 Å². The molecule has 168 valence electrons. The van der Waals surface area contributed by atoms with E-state index in [0.717, 1.165) is 53.4 Å². The van der Waals surface area contributed by atoms with Gasteiger partial charge in [0.25, 0.3) is 0 Å². The molecule has 2 aliphatic heterocycles. The molecule has 2 heterocycles. The van der Waals surface area contributed by atoms with Gasteiger partial charge in [0, 0.05) is 31.5 Å². The van der Waals surface area contributed by atoms with Crippen molar-refractivity contribution in [2.75, 3.05) is 26.2 Å². The Morgan fingerprint density at radius 3 is 2.44 bits per heavy atom. The zero-order chi connectivity index (χ0) is 21.1. The highest BCUT2D eigenvalue weighted by Crippen LogP contribution is 2.81. The second kappa shape index (κ2) is 6.28. The second-order valence-electron chi connectivity index (χ2n) is 11.4. The molecule has 10 rings (SSSR count). The molecule has 6 heteroatoms. The van der Waals surface area contributed by atoms with Crippen LogP contribution in [-0.4, -0.2) is 49.1 Å². The maximum absolute atomic E-state index is 13.4. The van der Waals surface area contributed by atoms with Gasteiger partial charge in [-0.3, -0.25) is 14.5 Å². The van der Waals surface area contributed by atoms with E-state index in [4.69, 9.17) is 9.47 Å². The Kier molecular flexibility index (Phi) is 3.60. The van der Waals surface area contributed by atoms with Crippen LogP contribution in [0.15, 0.2) is 24.3 Å². The standard InChI is InChI=1S/C26H30N2O4/c29-25-16-9-17(24-20-12-7-14(22(16)24)21-15(8-12)23(20)21)26(30)28(25)6-5-27-10-13-11-31-18-3-1-2-4-19(18)32-13/h1-4,12-17,20-24,27H,5-11H2. The van der Waals surface area contributed by atoms with Crippen molar-refractivity contribution in [3.05, 3.63) is 24.3 Å². The minimum absolute atomic E-state index is 0.0643. The number of piperidine rings is 1. The van der Waals surface area contributed by atoms with E-state index in [-0.39, 0.29) is 29.8 Å². The minimum atomic E-state index is -0.0643. The number of benzene rings is 1. The van der Waals surface area contributed by atoms with Gasteiger partial charge in [0.05, 0.1) is 0 Å². The van der Waals surface area contributed by atoms with Crippen molar-refractivity contribution in [1.82, 2.24) is 10.2 Å². The number of nitrogens with zero attached hydrogens (tertiary/aromatic N) is 1. The lowest BCUT2D eigenvalue weighted by Gasteiger charge is -2.51. The number of hydrogen-bond donors (Lipinski definition) is 1. The quantitative estimate of drug-likeness (QED) is 0.568. The van der Waals surface area contributed by atoms with Crippen LogP contribution in [0.3, 0.4) is 0 Å². The molecule has 9 aliphatic rings. The third-order valence-electron chi connectivity index (χ3n) is 10.4. The normalized spacial score (nSPS) is 48.2. The molecule has 0 radical (unpaired) electrons. The van der Waals surface area contributed by atoms with E-state index < -0.39 is 0 Å². The summed E-state index contributed by atoms with van der Waals surface area (Å²) in [4.78, 5) is 28.5. The van der Waals surface area contributed by atoms with Gasteiger partial charge in [-0.15, -0.1) is 0 Å². The monoisotopic (exact) mass is 434 g/mol. The van der Waals surface area contributed by atoms with Crippen LogP contribution >= 0.6 is 0 Å². The molecule has 8 fully saturated rings. The van der Waals surface area contributed by atoms with Gasteiger partial charge in [0.2, 0.25) is 11.8 Å². The van der Waals surface area contributed by atoms with E-state index in [1.54, 1.807) is 4.90 Å². The van der Waals surface area contributed by atoms with E-state index >= 15 is 0 Å². The van der Waals surface area contributed by atoms with Gasteiger partial charge in [-0.1, -0.05) is 12.1 Å². The topological polar surface area (TPSA) is 67.9 Å². The number of carbonyl (C=O) groups is 2. The summed E-state index contributed by atoms with van der Waals surface area (Å²) in [6.45, 7) is 2.23. The highest BCUT2D eigenvalue weighted by molar-refractivity contribution is 6.01.